The molecule has 1 rings (SSSR count). The number of thioether (sulfide) groups is 1. The summed E-state index contributed by atoms with van der Waals surface area (Å²) in [5.41, 5.74) is 1.34. The van der Waals surface area contributed by atoms with Crippen molar-refractivity contribution in [2.24, 2.45) is 0 Å². The van der Waals surface area contributed by atoms with Crippen molar-refractivity contribution in [3.63, 3.8) is 0 Å². The minimum absolute atomic E-state index is 0.305. The Kier molecular flexibility index (Phi) is 8.26. The van der Waals surface area contributed by atoms with E-state index >= 15 is 0 Å². The summed E-state index contributed by atoms with van der Waals surface area (Å²) in [5, 5.41) is 12.2. The zero-order chi connectivity index (χ0) is 12.5. The Morgan fingerprint density at radius 1 is 1.29 bits per heavy atom. The van der Waals surface area contributed by atoms with E-state index in [9.17, 15) is 0 Å². The quantitative estimate of drug-likeness (QED) is 0.549. The molecule has 0 bridgehead atoms. The number of aliphatic hydroxyl groups excluding tert-OH is 1. The summed E-state index contributed by atoms with van der Waals surface area (Å²) in [6.45, 7) is 3.52. The molecule has 0 radical (unpaired) electrons. The molecule has 0 saturated heterocycles. The average Bonchev–Trinajstić information content (AvgIpc) is 2.34. The molecule has 0 saturated carbocycles. The van der Waals surface area contributed by atoms with Crippen LogP contribution in [-0.2, 0) is 0 Å². The van der Waals surface area contributed by atoms with Gasteiger partial charge >= 0.3 is 0 Å². The van der Waals surface area contributed by atoms with E-state index in [-0.39, 0.29) is 0 Å². The second kappa shape index (κ2) is 9.19. The number of benzene rings is 1. The number of hydrogen-bond acceptors (Lipinski definition) is 3. The van der Waals surface area contributed by atoms with Gasteiger partial charge in [-0.05, 0) is 59.4 Å². The highest BCUT2D eigenvalue weighted by Gasteiger charge is 2.03. The van der Waals surface area contributed by atoms with E-state index in [0.717, 1.165) is 24.5 Å². The lowest BCUT2D eigenvalue weighted by molar-refractivity contribution is 0.296. The lowest BCUT2D eigenvalue weighted by Crippen LogP contribution is -2.21. The van der Waals surface area contributed by atoms with Gasteiger partial charge in [-0.25, -0.2) is 0 Å². The first kappa shape index (κ1) is 15.3. The van der Waals surface area contributed by atoms with Crippen LogP contribution in [0.25, 0.3) is 0 Å². The van der Waals surface area contributed by atoms with Crippen LogP contribution < -0.4 is 5.32 Å². The minimum Gasteiger partial charge on any atom is -0.396 e. The molecule has 2 N–H and O–H groups in total. The van der Waals surface area contributed by atoms with E-state index in [2.05, 4.69) is 59.1 Å². The third-order valence-corrected chi connectivity index (χ3v) is 4.30. The Bertz CT molecular complexity index is 305. The zero-order valence-electron chi connectivity index (χ0n) is 10.2. The maximum absolute atomic E-state index is 8.65. The molecular weight excluding hydrogens is 345 g/mol. The molecular formula is C13H20INOS. The van der Waals surface area contributed by atoms with Gasteiger partial charge in [0.15, 0.2) is 0 Å². The maximum atomic E-state index is 8.65. The highest BCUT2D eigenvalue weighted by molar-refractivity contribution is 14.1. The first-order valence-electron chi connectivity index (χ1n) is 5.91. The highest BCUT2D eigenvalue weighted by Crippen LogP contribution is 2.14. The summed E-state index contributed by atoms with van der Waals surface area (Å²) in [6.07, 6.45) is 0.900. The van der Waals surface area contributed by atoms with Crippen molar-refractivity contribution in [1.82, 2.24) is 5.32 Å². The molecule has 0 fully saturated rings. The number of nitrogens with one attached hydrogen (secondary N) is 1. The standard InChI is InChI=1S/C13H20INOS/c1-11(12-3-5-13(14)6-4-12)15-7-10-17-9-2-8-16/h3-6,11,15-16H,2,7-10H2,1H3. The van der Waals surface area contributed by atoms with E-state index in [4.69, 9.17) is 5.11 Å². The fourth-order valence-corrected chi connectivity index (χ4v) is 2.64. The maximum Gasteiger partial charge on any atom is 0.0438 e. The molecule has 0 spiro atoms. The van der Waals surface area contributed by atoms with Gasteiger partial charge in [0.1, 0.15) is 0 Å². The molecule has 0 heterocycles. The molecule has 96 valence electrons. The molecule has 1 aromatic carbocycles. The summed E-state index contributed by atoms with van der Waals surface area (Å²) >= 11 is 4.22. The second-order valence-corrected chi connectivity index (χ2v) is 6.39. The van der Waals surface area contributed by atoms with Gasteiger partial charge in [0, 0.05) is 28.5 Å². The van der Waals surface area contributed by atoms with Crippen molar-refractivity contribution in [2.75, 3.05) is 24.7 Å². The van der Waals surface area contributed by atoms with Crippen LogP contribution in [-0.4, -0.2) is 29.8 Å². The van der Waals surface area contributed by atoms with Crippen molar-refractivity contribution in [3.8, 4) is 0 Å². The first-order chi connectivity index (χ1) is 8.24. The summed E-state index contributed by atoms with van der Waals surface area (Å²) in [5.74, 6) is 2.16. The van der Waals surface area contributed by atoms with Crippen molar-refractivity contribution < 1.29 is 5.11 Å². The van der Waals surface area contributed by atoms with E-state index in [1.165, 1.54) is 9.13 Å². The van der Waals surface area contributed by atoms with Crippen LogP contribution in [0.5, 0.6) is 0 Å². The molecule has 2 nitrogen and oxygen atoms in total. The van der Waals surface area contributed by atoms with Gasteiger partial charge in [-0.1, -0.05) is 12.1 Å². The van der Waals surface area contributed by atoms with Gasteiger partial charge in [0.05, 0.1) is 0 Å². The summed E-state index contributed by atoms with van der Waals surface area (Å²) in [6, 6.07) is 9.05. The fourth-order valence-electron chi connectivity index (χ4n) is 1.49. The van der Waals surface area contributed by atoms with Crippen LogP contribution in [0.1, 0.15) is 24.9 Å². The van der Waals surface area contributed by atoms with E-state index in [1.54, 1.807) is 0 Å². The number of halogens is 1. The van der Waals surface area contributed by atoms with E-state index in [0.29, 0.717) is 12.6 Å². The van der Waals surface area contributed by atoms with Crippen LogP contribution in [0.3, 0.4) is 0 Å². The van der Waals surface area contributed by atoms with Crippen LogP contribution in [0.15, 0.2) is 24.3 Å². The molecule has 17 heavy (non-hydrogen) atoms. The molecule has 4 heteroatoms. The topological polar surface area (TPSA) is 32.3 Å². The Morgan fingerprint density at radius 3 is 2.65 bits per heavy atom. The molecule has 1 aromatic rings. The molecule has 0 aliphatic heterocycles. The molecule has 0 aliphatic rings. The van der Waals surface area contributed by atoms with Crippen LogP contribution in [0, 0.1) is 3.57 Å². The summed E-state index contributed by atoms with van der Waals surface area (Å²) in [7, 11) is 0. The minimum atomic E-state index is 0.305. The summed E-state index contributed by atoms with van der Waals surface area (Å²) < 4.78 is 1.28. The van der Waals surface area contributed by atoms with Crippen molar-refractivity contribution in [2.45, 2.75) is 19.4 Å². The highest BCUT2D eigenvalue weighted by atomic mass is 127. The predicted octanol–water partition coefficient (Wildman–Crippen LogP) is 3.06. The third kappa shape index (κ3) is 6.64. The van der Waals surface area contributed by atoms with Crippen LogP contribution in [0.2, 0.25) is 0 Å². The molecule has 1 unspecified atom stereocenters. The van der Waals surface area contributed by atoms with E-state index < -0.39 is 0 Å². The molecule has 0 amide bonds. The van der Waals surface area contributed by atoms with Gasteiger partial charge < -0.3 is 10.4 Å². The van der Waals surface area contributed by atoms with Crippen molar-refractivity contribution in [1.29, 1.82) is 0 Å². The normalized spacial score (nSPS) is 12.6. The largest absolute Gasteiger partial charge is 0.396 e. The Labute approximate surface area is 122 Å². The number of rotatable bonds is 8. The van der Waals surface area contributed by atoms with Crippen LogP contribution >= 0.6 is 34.4 Å². The molecule has 0 aromatic heterocycles. The third-order valence-electron chi connectivity index (χ3n) is 2.51. The van der Waals surface area contributed by atoms with Gasteiger partial charge in [-0.2, -0.15) is 11.8 Å². The summed E-state index contributed by atoms with van der Waals surface area (Å²) in [4.78, 5) is 0. The smallest absolute Gasteiger partial charge is 0.0438 e. The second-order valence-electron chi connectivity index (χ2n) is 3.92. The SMILES string of the molecule is CC(NCCSCCCO)c1ccc(I)cc1. The van der Waals surface area contributed by atoms with E-state index in [1.807, 2.05) is 11.8 Å². The lowest BCUT2D eigenvalue weighted by atomic mass is 10.1. The number of aliphatic hydroxyl groups is 1. The lowest BCUT2D eigenvalue weighted by Gasteiger charge is -2.14. The van der Waals surface area contributed by atoms with Crippen LogP contribution in [0.4, 0.5) is 0 Å². The Balaban J connectivity index is 2.16. The first-order valence-corrected chi connectivity index (χ1v) is 8.15. The van der Waals surface area contributed by atoms with Crippen molar-refractivity contribution in [3.05, 3.63) is 33.4 Å². The number of hydrogen-bond donors (Lipinski definition) is 2. The monoisotopic (exact) mass is 365 g/mol. The fraction of sp³-hybridized carbons (Fsp3) is 0.538. The average molecular weight is 365 g/mol. The Hall–Kier alpha value is 0.220. The van der Waals surface area contributed by atoms with Gasteiger partial charge in [-0.3, -0.25) is 0 Å². The molecule has 1 atom stereocenters. The van der Waals surface area contributed by atoms with Gasteiger partial charge in [0.25, 0.3) is 0 Å². The van der Waals surface area contributed by atoms with Gasteiger partial charge in [0.2, 0.25) is 0 Å². The predicted molar refractivity (Wildman–Crippen MR) is 84.6 cm³/mol. The van der Waals surface area contributed by atoms with Crippen molar-refractivity contribution >= 4 is 34.4 Å². The van der Waals surface area contributed by atoms with Gasteiger partial charge in [-0.15, -0.1) is 0 Å². The Morgan fingerprint density at radius 2 is 2.00 bits per heavy atom. The molecule has 0 aliphatic carbocycles. The zero-order valence-corrected chi connectivity index (χ0v) is 13.1.